The average Bonchev–Trinajstić information content (AvgIpc) is 2.96. The van der Waals surface area contributed by atoms with Crippen molar-refractivity contribution >= 4 is 23.0 Å². The van der Waals surface area contributed by atoms with Gasteiger partial charge in [-0.2, -0.15) is 0 Å². The van der Waals surface area contributed by atoms with Gasteiger partial charge in [-0.1, -0.05) is 11.2 Å². The van der Waals surface area contributed by atoms with Crippen molar-refractivity contribution in [3.05, 3.63) is 45.8 Å². The minimum absolute atomic E-state index is 0.0902. The first-order valence-electron chi connectivity index (χ1n) is 6.77. The van der Waals surface area contributed by atoms with E-state index in [0.717, 1.165) is 17.9 Å². The Kier molecular flexibility index (Phi) is 4.80. The van der Waals surface area contributed by atoms with Gasteiger partial charge in [-0.25, -0.2) is 4.98 Å². The number of oxime groups is 1. The lowest BCUT2D eigenvalue weighted by Crippen LogP contribution is -2.33. The summed E-state index contributed by atoms with van der Waals surface area (Å²) in [5, 5.41) is 14.2. The van der Waals surface area contributed by atoms with Gasteiger partial charge in [0.05, 0.1) is 12.1 Å². The van der Waals surface area contributed by atoms with Gasteiger partial charge in [-0.05, 0) is 43.8 Å². The molecule has 0 fully saturated rings. The van der Waals surface area contributed by atoms with Gasteiger partial charge in [0, 0.05) is 17.1 Å². The van der Waals surface area contributed by atoms with Crippen molar-refractivity contribution in [2.45, 2.75) is 33.4 Å². The molecule has 2 aromatic heterocycles. The van der Waals surface area contributed by atoms with Crippen LogP contribution < -0.4 is 10.6 Å². The summed E-state index contributed by atoms with van der Waals surface area (Å²) in [6.45, 7) is 6.89. The summed E-state index contributed by atoms with van der Waals surface area (Å²) in [5.74, 6) is 0.834. The average molecular weight is 304 g/mol. The molecule has 0 aliphatic carbocycles. The highest BCUT2D eigenvalue weighted by Gasteiger charge is 2.20. The fourth-order valence-corrected chi connectivity index (χ4v) is 2.90. The summed E-state index contributed by atoms with van der Waals surface area (Å²) < 4.78 is 0. The molecule has 0 saturated carbocycles. The van der Waals surface area contributed by atoms with E-state index in [2.05, 4.69) is 40.3 Å². The van der Waals surface area contributed by atoms with Crippen LogP contribution in [-0.4, -0.2) is 22.1 Å². The van der Waals surface area contributed by atoms with Gasteiger partial charge in [0.1, 0.15) is 5.82 Å². The van der Waals surface area contributed by atoms with Gasteiger partial charge in [0.25, 0.3) is 0 Å². The van der Waals surface area contributed by atoms with Gasteiger partial charge in [0.15, 0.2) is 5.84 Å². The minimum Gasteiger partial charge on any atom is -0.409 e. The molecule has 0 bridgehead atoms. The number of thiophene rings is 1. The predicted octanol–water partition coefficient (Wildman–Crippen LogP) is 2.96. The zero-order valence-corrected chi connectivity index (χ0v) is 13.3. The number of amidine groups is 1. The summed E-state index contributed by atoms with van der Waals surface area (Å²) in [6.07, 6.45) is 1.75. The normalized spacial score (nSPS) is 11.9. The molecule has 0 atom stereocenters. The Morgan fingerprint density at radius 3 is 2.81 bits per heavy atom. The SMILES string of the molecule is Cc1ccnc(N(Cc2cccs2)C(C)C)c1/C(N)=N/O. The van der Waals surface area contributed by atoms with E-state index in [-0.39, 0.29) is 11.9 Å². The molecular weight excluding hydrogens is 284 g/mol. The Morgan fingerprint density at radius 2 is 2.24 bits per heavy atom. The van der Waals surface area contributed by atoms with Crippen molar-refractivity contribution in [2.75, 3.05) is 4.90 Å². The number of hydrogen-bond donors (Lipinski definition) is 2. The second kappa shape index (κ2) is 6.58. The molecule has 0 amide bonds. The summed E-state index contributed by atoms with van der Waals surface area (Å²) >= 11 is 1.71. The van der Waals surface area contributed by atoms with Crippen molar-refractivity contribution in [1.29, 1.82) is 0 Å². The molecule has 3 N–H and O–H groups in total. The quantitative estimate of drug-likeness (QED) is 0.385. The van der Waals surface area contributed by atoms with Crippen LogP contribution in [-0.2, 0) is 6.54 Å². The highest BCUT2D eigenvalue weighted by atomic mass is 32.1. The molecule has 6 heteroatoms. The lowest BCUT2D eigenvalue weighted by atomic mass is 10.1. The smallest absolute Gasteiger partial charge is 0.174 e. The lowest BCUT2D eigenvalue weighted by molar-refractivity contribution is 0.318. The fraction of sp³-hybridized carbons (Fsp3) is 0.333. The first-order chi connectivity index (χ1) is 10.0. The van der Waals surface area contributed by atoms with Crippen LogP contribution in [0.1, 0.15) is 29.9 Å². The molecule has 2 heterocycles. The highest BCUT2D eigenvalue weighted by Crippen LogP contribution is 2.25. The van der Waals surface area contributed by atoms with Crippen LogP contribution in [0.25, 0.3) is 0 Å². The zero-order valence-electron chi connectivity index (χ0n) is 12.4. The van der Waals surface area contributed by atoms with Crippen LogP contribution in [0.4, 0.5) is 5.82 Å². The van der Waals surface area contributed by atoms with Gasteiger partial charge >= 0.3 is 0 Å². The lowest BCUT2D eigenvalue weighted by Gasteiger charge is -2.29. The number of aryl methyl sites for hydroxylation is 1. The van der Waals surface area contributed by atoms with E-state index in [9.17, 15) is 0 Å². The van der Waals surface area contributed by atoms with Gasteiger partial charge in [-0.15, -0.1) is 11.3 Å². The second-order valence-electron chi connectivity index (χ2n) is 5.11. The zero-order chi connectivity index (χ0) is 15.4. The molecule has 2 aromatic rings. The third-order valence-corrected chi connectivity index (χ3v) is 4.17. The van der Waals surface area contributed by atoms with Gasteiger partial charge < -0.3 is 15.8 Å². The maximum atomic E-state index is 9.03. The maximum absolute atomic E-state index is 9.03. The molecule has 21 heavy (non-hydrogen) atoms. The molecule has 0 saturated heterocycles. The number of anilines is 1. The van der Waals surface area contributed by atoms with E-state index < -0.39 is 0 Å². The molecule has 2 rings (SSSR count). The van der Waals surface area contributed by atoms with E-state index in [1.54, 1.807) is 17.5 Å². The number of aromatic nitrogens is 1. The Labute approximate surface area is 128 Å². The molecule has 0 aliphatic heterocycles. The van der Waals surface area contributed by atoms with Crippen molar-refractivity contribution < 1.29 is 5.21 Å². The summed E-state index contributed by atoms with van der Waals surface area (Å²) in [4.78, 5) is 7.88. The third kappa shape index (κ3) is 3.33. The van der Waals surface area contributed by atoms with Crippen LogP contribution in [0.15, 0.2) is 34.9 Å². The van der Waals surface area contributed by atoms with E-state index in [0.29, 0.717) is 5.56 Å². The number of pyridine rings is 1. The summed E-state index contributed by atoms with van der Waals surface area (Å²) in [6, 6.07) is 6.23. The standard InChI is InChI=1S/C15H20N4OS/c1-10(2)19(9-12-5-4-8-21-12)15-13(14(16)18-20)11(3)6-7-17-15/h4-8,10,20H,9H2,1-3H3,(H2,16,18). The molecule has 0 aliphatic rings. The van der Waals surface area contributed by atoms with Crippen LogP contribution >= 0.6 is 11.3 Å². The Bertz CT molecular complexity index is 623. The van der Waals surface area contributed by atoms with Crippen LogP contribution in [0, 0.1) is 6.92 Å². The maximum Gasteiger partial charge on any atom is 0.174 e. The first kappa shape index (κ1) is 15.3. The predicted molar refractivity (Wildman–Crippen MR) is 87.1 cm³/mol. The molecule has 5 nitrogen and oxygen atoms in total. The van der Waals surface area contributed by atoms with Gasteiger partial charge in [0.2, 0.25) is 0 Å². The van der Waals surface area contributed by atoms with E-state index >= 15 is 0 Å². The monoisotopic (exact) mass is 304 g/mol. The number of nitrogens with two attached hydrogens (primary N) is 1. The largest absolute Gasteiger partial charge is 0.409 e. The first-order valence-corrected chi connectivity index (χ1v) is 7.65. The van der Waals surface area contributed by atoms with Gasteiger partial charge in [-0.3, -0.25) is 0 Å². The van der Waals surface area contributed by atoms with E-state index in [1.165, 1.54) is 4.88 Å². The van der Waals surface area contributed by atoms with E-state index in [4.69, 9.17) is 10.9 Å². The number of nitrogens with zero attached hydrogens (tertiary/aromatic N) is 3. The molecule has 0 radical (unpaired) electrons. The molecule has 0 spiro atoms. The summed E-state index contributed by atoms with van der Waals surface area (Å²) in [5.41, 5.74) is 7.47. The Morgan fingerprint density at radius 1 is 1.48 bits per heavy atom. The van der Waals surface area contributed by atoms with Crippen LogP contribution in [0.5, 0.6) is 0 Å². The third-order valence-electron chi connectivity index (χ3n) is 3.30. The molecule has 0 aromatic carbocycles. The minimum atomic E-state index is 0.0902. The fourth-order valence-electron chi connectivity index (χ4n) is 2.20. The summed E-state index contributed by atoms with van der Waals surface area (Å²) in [7, 11) is 0. The topological polar surface area (TPSA) is 74.7 Å². The van der Waals surface area contributed by atoms with Crippen molar-refractivity contribution in [2.24, 2.45) is 10.9 Å². The molecular formula is C15H20N4OS. The van der Waals surface area contributed by atoms with Crippen molar-refractivity contribution in [3.8, 4) is 0 Å². The second-order valence-corrected chi connectivity index (χ2v) is 6.14. The Balaban J connectivity index is 2.48. The molecule has 0 unspecified atom stereocenters. The van der Waals surface area contributed by atoms with E-state index in [1.807, 2.05) is 19.1 Å². The number of hydrogen-bond acceptors (Lipinski definition) is 5. The van der Waals surface area contributed by atoms with Crippen LogP contribution in [0.3, 0.4) is 0 Å². The number of rotatable bonds is 5. The Hall–Kier alpha value is -2.08. The van der Waals surface area contributed by atoms with Crippen molar-refractivity contribution in [3.63, 3.8) is 0 Å². The van der Waals surface area contributed by atoms with Crippen molar-refractivity contribution in [1.82, 2.24) is 4.98 Å². The highest BCUT2D eigenvalue weighted by molar-refractivity contribution is 7.09. The molecule has 112 valence electrons. The van der Waals surface area contributed by atoms with Crippen LogP contribution in [0.2, 0.25) is 0 Å².